The van der Waals surface area contributed by atoms with Crippen molar-refractivity contribution in [2.45, 2.75) is 33.2 Å². The number of ether oxygens (including phenoxy) is 2. The van der Waals surface area contributed by atoms with Crippen LogP contribution in [0.1, 0.15) is 32.3 Å². The van der Waals surface area contributed by atoms with E-state index in [0.717, 1.165) is 18.4 Å². The molecule has 11 heteroatoms. The number of nitrogens with zero attached hydrogens (tertiary/aromatic N) is 5. The van der Waals surface area contributed by atoms with Crippen molar-refractivity contribution in [3.8, 4) is 6.01 Å². The maximum Gasteiger partial charge on any atom is 0.516 e. The zero-order chi connectivity index (χ0) is 20.8. The largest absolute Gasteiger partial charge is 0.516 e. The number of fused-ring (bicyclic) bond motifs is 1. The molecule has 0 aromatic carbocycles. The molecule has 0 aliphatic rings. The molecule has 3 N–H and O–H groups in total. The van der Waals surface area contributed by atoms with Gasteiger partial charge in [0.15, 0.2) is 17.0 Å². The van der Waals surface area contributed by atoms with Crippen molar-refractivity contribution >= 4 is 40.7 Å². The van der Waals surface area contributed by atoms with Gasteiger partial charge in [0, 0.05) is 12.7 Å². The molecule has 0 atom stereocenters. The molecule has 154 valence electrons. The molecular formula is C18H22ClN7O3. The lowest BCUT2D eigenvalue weighted by molar-refractivity contribution is 0.0995. The normalized spacial score (nSPS) is 10.9. The molecule has 3 heterocycles. The van der Waals surface area contributed by atoms with E-state index in [-0.39, 0.29) is 25.0 Å². The van der Waals surface area contributed by atoms with Crippen molar-refractivity contribution in [2.75, 3.05) is 24.2 Å². The second-order valence-corrected chi connectivity index (χ2v) is 6.53. The van der Waals surface area contributed by atoms with E-state index in [2.05, 4.69) is 32.2 Å². The summed E-state index contributed by atoms with van der Waals surface area (Å²) in [6, 6.07) is 3.48. The summed E-state index contributed by atoms with van der Waals surface area (Å²) in [4.78, 5) is 29.0. The van der Waals surface area contributed by atoms with E-state index in [0.29, 0.717) is 28.8 Å². The summed E-state index contributed by atoms with van der Waals surface area (Å²) in [5.74, 6) is 0.553. The highest BCUT2D eigenvalue weighted by atomic mass is 35.5. The fourth-order valence-corrected chi connectivity index (χ4v) is 2.69. The number of anilines is 2. The SMILES string of the molecule is CCCCNc1nc(N)c2nc(OC(=O)OCC)n(Cc3ccc(Cl)nc3)c2n1. The number of unbranched alkanes of at least 4 members (excludes halogenated alkanes) is 1. The Morgan fingerprint density at radius 2 is 2.10 bits per heavy atom. The van der Waals surface area contributed by atoms with Gasteiger partial charge in [0.25, 0.3) is 0 Å². The van der Waals surface area contributed by atoms with Gasteiger partial charge in [-0.3, -0.25) is 4.57 Å². The predicted octanol–water partition coefficient (Wildman–Crippen LogP) is 3.25. The molecule has 29 heavy (non-hydrogen) atoms. The number of nitrogens with two attached hydrogens (primary N) is 1. The number of carbonyl (C=O) groups is 1. The summed E-state index contributed by atoms with van der Waals surface area (Å²) in [6.07, 6.45) is 2.75. The van der Waals surface area contributed by atoms with Gasteiger partial charge in [0.1, 0.15) is 5.15 Å². The Bertz CT molecular complexity index is 991. The highest BCUT2D eigenvalue weighted by molar-refractivity contribution is 6.29. The van der Waals surface area contributed by atoms with Crippen LogP contribution in [0.15, 0.2) is 18.3 Å². The van der Waals surface area contributed by atoms with Crippen LogP contribution >= 0.6 is 11.6 Å². The molecule has 0 saturated carbocycles. The van der Waals surface area contributed by atoms with Crippen molar-refractivity contribution in [1.82, 2.24) is 24.5 Å². The molecule has 0 aliphatic heterocycles. The fraction of sp³-hybridized carbons (Fsp3) is 0.389. The first-order valence-electron chi connectivity index (χ1n) is 9.24. The third-order valence-electron chi connectivity index (χ3n) is 3.97. The number of nitrogens with one attached hydrogen (secondary N) is 1. The maximum atomic E-state index is 11.9. The Kier molecular flexibility index (Phi) is 6.65. The molecule has 0 aliphatic carbocycles. The van der Waals surface area contributed by atoms with E-state index < -0.39 is 6.16 Å². The number of carbonyl (C=O) groups excluding carboxylic acids is 1. The van der Waals surface area contributed by atoms with Crippen molar-refractivity contribution in [3.05, 3.63) is 29.0 Å². The van der Waals surface area contributed by atoms with Crippen LogP contribution < -0.4 is 15.8 Å². The van der Waals surface area contributed by atoms with Crippen molar-refractivity contribution < 1.29 is 14.3 Å². The van der Waals surface area contributed by atoms with Crippen molar-refractivity contribution in [3.63, 3.8) is 0 Å². The average molecular weight is 420 g/mol. The second kappa shape index (κ2) is 9.37. The van der Waals surface area contributed by atoms with Crippen LogP contribution in [0.2, 0.25) is 5.15 Å². The molecule has 0 unspecified atom stereocenters. The van der Waals surface area contributed by atoms with Crippen molar-refractivity contribution in [2.24, 2.45) is 0 Å². The number of hydrogen-bond donors (Lipinski definition) is 2. The minimum atomic E-state index is -0.869. The van der Waals surface area contributed by atoms with Gasteiger partial charge in [-0.15, -0.1) is 0 Å². The monoisotopic (exact) mass is 419 g/mol. The van der Waals surface area contributed by atoms with Gasteiger partial charge in [-0.25, -0.2) is 9.78 Å². The number of nitrogen functional groups attached to an aromatic ring is 1. The zero-order valence-corrected chi connectivity index (χ0v) is 16.9. The zero-order valence-electron chi connectivity index (χ0n) is 16.2. The van der Waals surface area contributed by atoms with Crippen LogP contribution in [-0.2, 0) is 11.3 Å². The molecule has 0 saturated heterocycles. The lowest BCUT2D eigenvalue weighted by Gasteiger charge is -2.09. The van der Waals surface area contributed by atoms with Crippen molar-refractivity contribution in [1.29, 1.82) is 0 Å². The smallest absolute Gasteiger partial charge is 0.434 e. The van der Waals surface area contributed by atoms with E-state index in [4.69, 9.17) is 26.8 Å². The Hall–Kier alpha value is -3.14. The minimum Gasteiger partial charge on any atom is -0.434 e. The summed E-state index contributed by atoms with van der Waals surface area (Å²) in [6.45, 7) is 4.94. The third kappa shape index (κ3) is 5.02. The summed E-state index contributed by atoms with van der Waals surface area (Å²) in [5.41, 5.74) is 7.63. The molecule has 0 fully saturated rings. The number of hydrogen-bond acceptors (Lipinski definition) is 9. The molecule has 0 spiro atoms. The minimum absolute atomic E-state index is 0.000100. The Balaban J connectivity index is 2.03. The molecule has 10 nitrogen and oxygen atoms in total. The quantitative estimate of drug-likeness (QED) is 0.321. The molecule has 3 aromatic rings. The highest BCUT2D eigenvalue weighted by Gasteiger charge is 2.21. The molecule has 3 rings (SSSR count). The standard InChI is InChI=1S/C18H22ClN7O3/c1-3-5-8-21-16-24-14(20)13-15(25-16)26(10-11-6-7-12(19)22-9-11)17(23-13)29-18(27)28-4-2/h6-7,9H,3-5,8,10H2,1-2H3,(H3,20,21,24,25). The number of imidazole rings is 1. The van der Waals surface area contributed by atoms with Crippen LogP contribution in [0.5, 0.6) is 6.01 Å². The fourth-order valence-electron chi connectivity index (χ4n) is 2.58. The first kappa shape index (κ1) is 20.6. The van der Waals surface area contributed by atoms with E-state index in [1.165, 1.54) is 0 Å². The summed E-state index contributed by atoms with van der Waals surface area (Å²) in [5, 5.41) is 3.52. The molecular weight excluding hydrogens is 398 g/mol. The van der Waals surface area contributed by atoms with Gasteiger partial charge in [0.2, 0.25) is 5.95 Å². The first-order chi connectivity index (χ1) is 14.0. The lowest BCUT2D eigenvalue weighted by Crippen LogP contribution is -2.14. The molecule has 0 radical (unpaired) electrons. The van der Waals surface area contributed by atoms with Gasteiger partial charge < -0.3 is 20.5 Å². The molecule has 0 amide bonds. The summed E-state index contributed by atoms with van der Waals surface area (Å²) < 4.78 is 11.7. The van der Waals surface area contributed by atoms with Gasteiger partial charge >= 0.3 is 12.2 Å². The van der Waals surface area contributed by atoms with Crippen LogP contribution in [0.3, 0.4) is 0 Å². The average Bonchev–Trinajstić information content (AvgIpc) is 3.02. The van der Waals surface area contributed by atoms with Gasteiger partial charge in [-0.2, -0.15) is 15.0 Å². The number of rotatable bonds is 8. The van der Waals surface area contributed by atoms with E-state index in [1.54, 1.807) is 29.8 Å². The first-order valence-corrected chi connectivity index (χ1v) is 9.62. The Morgan fingerprint density at radius 3 is 2.79 bits per heavy atom. The van der Waals surface area contributed by atoms with E-state index in [1.807, 2.05) is 0 Å². The van der Waals surface area contributed by atoms with Gasteiger partial charge in [-0.05, 0) is 25.0 Å². The summed E-state index contributed by atoms with van der Waals surface area (Å²) >= 11 is 5.86. The summed E-state index contributed by atoms with van der Waals surface area (Å²) in [7, 11) is 0. The lowest BCUT2D eigenvalue weighted by atomic mass is 10.3. The highest BCUT2D eigenvalue weighted by Crippen LogP contribution is 2.26. The van der Waals surface area contributed by atoms with Gasteiger partial charge in [0.05, 0.1) is 13.2 Å². The molecule has 3 aromatic heterocycles. The number of halogens is 1. The van der Waals surface area contributed by atoms with E-state index in [9.17, 15) is 4.79 Å². The van der Waals surface area contributed by atoms with Gasteiger partial charge in [-0.1, -0.05) is 31.0 Å². The maximum absolute atomic E-state index is 11.9. The molecule has 0 bridgehead atoms. The topological polar surface area (TPSA) is 130 Å². The van der Waals surface area contributed by atoms with Crippen LogP contribution in [0.4, 0.5) is 16.6 Å². The Labute approximate surface area is 172 Å². The van der Waals surface area contributed by atoms with Crippen LogP contribution in [0.25, 0.3) is 11.2 Å². The van der Waals surface area contributed by atoms with Crippen LogP contribution in [-0.4, -0.2) is 43.8 Å². The second-order valence-electron chi connectivity index (χ2n) is 6.14. The third-order valence-corrected chi connectivity index (χ3v) is 4.19. The predicted molar refractivity (Wildman–Crippen MR) is 109 cm³/mol. The number of pyridine rings is 1. The number of aromatic nitrogens is 5. The van der Waals surface area contributed by atoms with E-state index >= 15 is 0 Å². The Morgan fingerprint density at radius 1 is 1.28 bits per heavy atom. The van der Waals surface area contributed by atoms with Crippen LogP contribution in [0, 0.1) is 0 Å².